The molecule has 1 aromatic rings. The maximum Gasteiger partial charge on any atom is 0.323 e. The van der Waals surface area contributed by atoms with Crippen molar-refractivity contribution in [2.75, 3.05) is 5.32 Å². The van der Waals surface area contributed by atoms with E-state index in [0.717, 1.165) is 0 Å². The van der Waals surface area contributed by atoms with Crippen molar-refractivity contribution >= 4 is 17.6 Å². The first kappa shape index (κ1) is 9.20. The molecule has 1 heterocycles. The van der Waals surface area contributed by atoms with Crippen LogP contribution in [0.5, 0.6) is 0 Å². The summed E-state index contributed by atoms with van der Waals surface area (Å²) in [5.41, 5.74) is 1.68. The Kier molecular flexibility index (Phi) is 2.60. The van der Waals surface area contributed by atoms with E-state index in [2.05, 4.69) is 15.0 Å². The number of rotatable bonds is 1. The molecule has 0 aliphatic rings. The summed E-state index contributed by atoms with van der Waals surface area (Å²) in [6, 6.07) is 1.47. The molecule has 0 spiro atoms. The molecule has 0 saturated carbocycles. The van der Waals surface area contributed by atoms with Crippen molar-refractivity contribution < 1.29 is 14.1 Å². The second-order valence-electron chi connectivity index (χ2n) is 2.25. The van der Waals surface area contributed by atoms with Crippen LogP contribution in [0.3, 0.4) is 0 Å². The molecule has 70 valence electrons. The monoisotopic (exact) mass is 184 g/mol. The maximum atomic E-state index is 10.9. The van der Waals surface area contributed by atoms with Crippen molar-refractivity contribution in [3.63, 3.8) is 0 Å². The van der Waals surface area contributed by atoms with Crippen LogP contribution in [0.1, 0.15) is 5.76 Å². The van der Waals surface area contributed by atoms with Gasteiger partial charge in [-0.3, -0.25) is 20.3 Å². The van der Waals surface area contributed by atoms with Gasteiger partial charge >= 0.3 is 11.8 Å². The van der Waals surface area contributed by atoms with E-state index < -0.39 is 11.8 Å². The SMILES string of the molecule is Cc1cc(NC(=O)C(=O)NN)no1. The zero-order valence-electron chi connectivity index (χ0n) is 6.83. The molecule has 0 aromatic carbocycles. The standard InChI is InChI=1S/C6H8N4O3/c1-3-2-4(10-13-3)8-5(11)6(12)9-7/h2H,7H2,1H3,(H,9,12)(H,8,10,11). The quantitative estimate of drug-likeness (QED) is 0.222. The van der Waals surface area contributed by atoms with Crippen LogP contribution in [-0.4, -0.2) is 17.0 Å². The molecule has 0 saturated heterocycles. The van der Waals surface area contributed by atoms with Crippen molar-refractivity contribution in [2.45, 2.75) is 6.92 Å². The summed E-state index contributed by atoms with van der Waals surface area (Å²) in [5, 5.41) is 5.62. The maximum absolute atomic E-state index is 10.9. The minimum absolute atomic E-state index is 0.172. The Balaban J connectivity index is 2.60. The lowest BCUT2D eigenvalue weighted by Gasteiger charge is -1.97. The third kappa shape index (κ3) is 2.27. The highest BCUT2D eigenvalue weighted by molar-refractivity contribution is 6.39. The fraction of sp³-hybridized carbons (Fsp3) is 0.167. The summed E-state index contributed by atoms with van der Waals surface area (Å²) in [6.07, 6.45) is 0. The summed E-state index contributed by atoms with van der Waals surface area (Å²) in [5.74, 6) is 3.59. The molecule has 0 aliphatic carbocycles. The van der Waals surface area contributed by atoms with Gasteiger partial charge < -0.3 is 4.52 Å². The number of carbonyl (C=O) groups excluding carboxylic acids is 2. The predicted octanol–water partition coefficient (Wildman–Crippen LogP) is -1.09. The van der Waals surface area contributed by atoms with Crippen LogP contribution >= 0.6 is 0 Å². The van der Waals surface area contributed by atoms with E-state index in [4.69, 9.17) is 5.84 Å². The number of nitrogens with two attached hydrogens (primary N) is 1. The first-order valence-corrected chi connectivity index (χ1v) is 3.38. The second kappa shape index (κ2) is 3.68. The molecule has 0 fully saturated rings. The third-order valence-corrected chi connectivity index (χ3v) is 1.21. The molecule has 7 heteroatoms. The first-order chi connectivity index (χ1) is 6.13. The largest absolute Gasteiger partial charge is 0.360 e. The summed E-state index contributed by atoms with van der Waals surface area (Å²) < 4.78 is 4.65. The van der Waals surface area contributed by atoms with Crippen LogP contribution < -0.4 is 16.6 Å². The highest BCUT2D eigenvalue weighted by Gasteiger charge is 2.13. The van der Waals surface area contributed by atoms with Gasteiger partial charge in [-0.2, -0.15) is 0 Å². The smallest absolute Gasteiger partial charge is 0.323 e. The molecule has 13 heavy (non-hydrogen) atoms. The number of nitrogens with zero attached hydrogens (tertiary/aromatic N) is 1. The Morgan fingerprint density at radius 3 is 2.69 bits per heavy atom. The summed E-state index contributed by atoms with van der Waals surface area (Å²) in [4.78, 5) is 21.5. The van der Waals surface area contributed by atoms with E-state index in [1.807, 2.05) is 0 Å². The zero-order chi connectivity index (χ0) is 9.84. The number of hydrogen-bond donors (Lipinski definition) is 3. The number of aromatic nitrogens is 1. The molecular formula is C6H8N4O3. The molecule has 0 bridgehead atoms. The van der Waals surface area contributed by atoms with Crippen LogP contribution in [0.4, 0.5) is 5.82 Å². The Labute approximate surface area is 73.2 Å². The molecule has 0 atom stereocenters. The lowest BCUT2D eigenvalue weighted by atomic mass is 10.4. The molecule has 1 aromatic heterocycles. The van der Waals surface area contributed by atoms with Gasteiger partial charge in [-0.15, -0.1) is 0 Å². The van der Waals surface area contributed by atoms with Gasteiger partial charge in [0.1, 0.15) is 5.76 Å². The summed E-state index contributed by atoms with van der Waals surface area (Å²) >= 11 is 0. The predicted molar refractivity (Wildman–Crippen MR) is 42.2 cm³/mol. The number of carbonyl (C=O) groups is 2. The van der Waals surface area contributed by atoms with Crippen LogP contribution in [0.15, 0.2) is 10.6 Å². The average Bonchev–Trinajstić information content (AvgIpc) is 2.49. The average molecular weight is 184 g/mol. The molecule has 2 amide bonds. The van der Waals surface area contributed by atoms with Gasteiger partial charge in [0.25, 0.3) is 0 Å². The van der Waals surface area contributed by atoms with E-state index in [9.17, 15) is 9.59 Å². The number of amides is 2. The van der Waals surface area contributed by atoms with E-state index in [0.29, 0.717) is 5.76 Å². The third-order valence-electron chi connectivity index (χ3n) is 1.21. The Morgan fingerprint density at radius 2 is 2.23 bits per heavy atom. The lowest BCUT2D eigenvalue weighted by Crippen LogP contribution is -2.39. The van der Waals surface area contributed by atoms with E-state index in [1.54, 1.807) is 12.3 Å². The van der Waals surface area contributed by atoms with Crippen molar-refractivity contribution in [3.05, 3.63) is 11.8 Å². The fourth-order valence-corrected chi connectivity index (χ4v) is 0.664. The zero-order valence-corrected chi connectivity index (χ0v) is 6.83. The fourth-order valence-electron chi connectivity index (χ4n) is 0.664. The number of nitrogens with one attached hydrogen (secondary N) is 2. The molecule has 0 aliphatic heterocycles. The van der Waals surface area contributed by atoms with Gasteiger partial charge in [0.05, 0.1) is 0 Å². The molecule has 7 nitrogen and oxygen atoms in total. The summed E-state index contributed by atoms with van der Waals surface area (Å²) in [7, 11) is 0. The Hall–Kier alpha value is -1.89. The number of hydrogen-bond acceptors (Lipinski definition) is 5. The second-order valence-corrected chi connectivity index (χ2v) is 2.25. The minimum Gasteiger partial charge on any atom is -0.360 e. The van der Waals surface area contributed by atoms with Crippen LogP contribution in [0.2, 0.25) is 0 Å². The number of anilines is 1. The molecule has 1 rings (SSSR count). The molecular weight excluding hydrogens is 176 g/mol. The van der Waals surface area contributed by atoms with Crippen molar-refractivity contribution in [3.8, 4) is 0 Å². The molecule has 0 radical (unpaired) electrons. The van der Waals surface area contributed by atoms with Gasteiger partial charge in [-0.05, 0) is 6.92 Å². The molecule has 0 unspecified atom stereocenters. The van der Waals surface area contributed by atoms with Crippen LogP contribution in [0, 0.1) is 6.92 Å². The minimum atomic E-state index is -0.944. The number of hydrazine groups is 1. The van der Waals surface area contributed by atoms with Gasteiger partial charge in [0.15, 0.2) is 5.82 Å². The van der Waals surface area contributed by atoms with E-state index in [1.165, 1.54) is 6.07 Å². The summed E-state index contributed by atoms with van der Waals surface area (Å²) in [6.45, 7) is 1.66. The van der Waals surface area contributed by atoms with Gasteiger partial charge in [0.2, 0.25) is 0 Å². The van der Waals surface area contributed by atoms with Crippen molar-refractivity contribution in [1.82, 2.24) is 10.6 Å². The Bertz CT molecular complexity index is 332. The highest BCUT2D eigenvalue weighted by atomic mass is 16.5. The first-order valence-electron chi connectivity index (χ1n) is 3.38. The van der Waals surface area contributed by atoms with E-state index >= 15 is 0 Å². The van der Waals surface area contributed by atoms with Gasteiger partial charge in [-0.1, -0.05) is 5.16 Å². The lowest BCUT2D eigenvalue weighted by molar-refractivity contribution is -0.136. The van der Waals surface area contributed by atoms with Crippen molar-refractivity contribution in [2.24, 2.45) is 5.84 Å². The van der Waals surface area contributed by atoms with Gasteiger partial charge in [0, 0.05) is 6.07 Å². The highest BCUT2D eigenvalue weighted by Crippen LogP contribution is 2.06. The van der Waals surface area contributed by atoms with Crippen LogP contribution in [0.25, 0.3) is 0 Å². The topological polar surface area (TPSA) is 110 Å². The Morgan fingerprint density at radius 1 is 1.54 bits per heavy atom. The van der Waals surface area contributed by atoms with Crippen molar-refractivity contribution in [1.29, 1.82) is 0 Å². The number of aryl methyl sites for hydroxylation is 1. The normalized spacial score (nSPS) is 9.38. The van der Waals surface area contributed by atoms with Crippen LogP contribution in [-0.2, 0) is 9.59 Å². The van der Waals surface area contributed by atoms with Gasteiger partial charge in [-0.25, -0.2) is 5.84 Å². The molecule has 4 N–H and O–H groups in total. The van der Waals surface area contributed by atoms with E-state index in [-0.39, 0.29) is 5.82 Å².